The zero-order valence-corrected chi connectivity index (χ0v) is 8.80. The molecular formula is C7H2ClF5N2O3. The second kappa shape index (κ2) is 4.88. The molecule has 1 rings (SSSR count). The number of nitro groups is 1. The minimum atomic E-state index is -5.17. The topological polar surface area (TPSA) is 65.3 Å². The van der Waals surface area contributed by atoms with Crippen molar-refractivity contribution in [2.24, 2.45) is 0 Å². The summed E-state index contributed by atoms with van der Waals surface area (Å²) >= 11 is 5.17. The number of alkyl halides is 5. The summed E-state index contributed by atoms with van der Waals surface area (Å²) in [6, 6.07) is 0.113. The number of rotatable bonds is 3. The van der Waals surface area contributed by atoms with Gasteiger partial charge in [0.2, 0.25) is 11.0 Å². The molecule has 11 heteroatoms. The third kappa shape index (κ3) is 3.39. The molecule has 0 N–H and O–H groups in total. The first-order valence-corrected chi connectivity index (χ1v) is 4.38. The van der Waals surface area contributed by atoms with Gasteiger partial charge in [-0.3, -0.25) is 10.1 Å². The van der Waals surface area contributed by atoms with Crippen molar-refractivity contribution >= 4 is 17.3 Å². The Labute approximate surface area is 100 Å². The third-order valence-corrected chi connectivity index (χ3v) is 1.86. The molecule has 0 aliphatic rings. The van der Waals surface area contributed by atoms with Crippen LogP contribution < -0.4 is 4.74 Å². The standard InChI is InChI=1S/C7H2ClF5N2O3/c8-5-4(15(16)17)2(6(9)10)1-3(14-5)18-7(11,12)13/h1,6H. The van der Waals surface area contributed by atoms with Crippen molar-refractivity contribution in [3.05, 3.63) is 26.9 Å². The lowest BCUT2D eigenvalue weighted by Gasteiger charge is -2.10. The molecule has 0 spiro atoms. The van der Waals surface area contributed by atoms with E-state index in [9.17, 15) is 32.1 Å². The van der Waals surface area contributed by atoms with E-state index >= 15 is 0 Å². The van der Waals surface area contributed by atoms with Crippen LogP contribution in [0.15, 0.2) is 6.07 Å². The molecule has 0 atom stereocenters. The van der Waals surface area contributed by atoms with Gasteiger partial charge in [-0.05, 0) is 0 Å². The number of aromatic nitrogens is 1. The Morgan fingerprint density at radius 2 is 2.00 bits per heavy atom. The van der Waals surface area contributed by atoms with Crippen LogP contribution in [0.1, 0.15) is 12.0 Å². The molecule has 1 aromatic rings. The molecule has 1 aromatic heterocycles. The van der Waals surface area contributed by atoms with Crippen molar-refractivity contribution in [3.63, 3.8) is 0 Å². The molecule has 0 aliphatic heterocycles. The molecule has 0 radical (unpaired) electrons. The van der Waals surface area contributed by atoms with E-state index in [1.165, 1.54) is 0 Å². The minimum absolute atomic E-state index is 0.113. The fourth-order valence-electron chi connectivity index (χ4n) is 1.02. The summed E-state index contributed by atoms with van der Waals surface area (Å²) in [6.45, 7) is 0. The van der Waals surface area contributed by atoms with Crippen molar-refractivity contribution in [1.29, 1.82) is 0 Å². The summed E-state index contributed by atoms with van der Waals surface area (Å²) in [7, 11) is 0. The zero-order chi connectivity index (χ0) is 14.1. The fraction of sp³-hybridized carbons (Fsp3) is 0.286. The van der Waals surface area contributed by atoms with E-state index in [2.05, 4.69) is 9.72 Å². The van der Waals surface area contributed by atoms with Crippen LogP contribution in [-0.2, 0) is 0 Å². The van der Waals surface area contributed by atoms with Gasteiger partial charge in [0.1, 0.15) is 5.56 Å². The summed E-state index contributed by atoms with van der Waals surface area (Å²) in [5, 5.41) is 9.31. The van der Waals surface area contributed by atoms with E-state index in [0.29, 0.717) is 0 Å². The predicted molar refractivity (Wildman–Crippen MR) is 47.5 cm³/mol. The first kappa shape index (κ1) is 14.4. The molecule has 1 heterocycles. The van der Waals surface area contributed by atoms with Gasteiger partial charge in [-0.25, -0.2) is 8.78 Å². The largest absolute Gasteiger partial charge is 0.574 e. The van der Waals surface area contributed by atoms with Gasteiger partial charge in [0.15, 0.2) is 0 Å². The second-order valence-electron chi connectivity index (χ2n) is 2.79. The number of nitrogens with zero attached hydrogens (tertiary/aromatic N) is 2. The van der Waals surface area contributed by atoms with Gasteiger partial charge in [-0.2, -0.15) is 4.98 Å². The molecular weight excluding hydrogens is 291 g/mol. The number of hydrogen-bond donors (Lipinski definition) is 0. The van der Waals surface area contributed by atoms with Gasteiger partial charge in [0, 0.05) is 6.07 Å². The molecule has 5 nitrogen and oxygen atoms in total. The minimum Gasteiger partial charge on any atom is -0.388 e. The summed E-state index contributed by atoms with van der Waals surface area (Å²) < 4.78 is 63.7. The van der Waals surface area contributed by atoms with Crippen molar-refractivity contribution in [2.45, 2.75) is 12.8 Å². The Kier molecular flexibility index (Phi) is 3.89. The smallest absolute Gasteiger partial charge is 0.388 e. The van der Waals surface area contributed by atoms with Crippen LogP contribution in [0, 0.1) is 10.1 Å². The SMILES string of the molecule is O=[N+]([O-])c1c(C(F)F)cc(OC(F)(F)F)nc1Cl. The molecule has 0 saturated heterocycles. The van der Waals surface area contributed by atoms with E-state index in [1.54, 1.807) is 0 Å². The van der Waals surface area contributed by atoms with E-state index in [-0.39, 0.29) is 6.07 Å². The first-order valence-electron chi connectivity index (χ1n) is 4.00. The summed E-state index contributed by atoms with van der Waals surface area (Å²) in [6.07, 6.45) is -8.58. The van der Waals surface area contributed by atoms with Gasteiger partial charge in [-0.1, -0.05) is 11.6 Å². The van der Waals surface area contributed by atoms with Gasteiger partial charge >= 0.3 is 12.0 Å². The third-order valence-electron chi connectivity index (χ3n) is 1.59. The first-order chi connectivity index (χ1) is 8.11. The monoisotopic (exact) mass is 292 g/mol. The quantitative estimate of drug-likeness (QED) is 0.370. The van der Waals surface area contributed by atoms with E-state index in [0.717, 1.165) is 0 Å². The van der Waals surface area contributed by atoms with Gasteiger partial charge < -0.3 is 4.74 Å². The maximum absolute atomic E-state index is 12.5. The molecule has 18 heavy (non-hydrogen) atoms. The van der Waals surface area contributed by atoms with Crippen molar-refractivity contribution in [1.82, 2.24) is 4.98 Å². The maximum Gasteiger partial charge on any atom is 0.574 e. The highest BCUT2D eigenvalue weighted by Gasteiger charge is 2.35. The van der Waals surface area contributed by atoms with Crippen LogP contribution in [0.4, 0.5) is 27.6 Å². The van der Waals surface area contributed by atoms with Crippen molar-refractivity contribution in [3.8, 4) is 5.88 Å². The second-order valence-corrected chi connectivity index (χ2v) is 3.15. The highest BCUT2D eigenvalue weighted by atomic mass is 35.5. The highest BCUT2D eigenvalue weighted by Crippen LogP contribution is 2.37. The molecule has 0 saturated carbocycles. The Hall–Kier alpha value is -1.71. The highest BCUT2D eigenvalue weighted by molar-refractivity contribution is 6.31. The van der Waals surface area contributed by atoms with Gasteiger partial charge in [0.05, 0.1) is 4.92 Å². The molecule has 0 unspecified atom stereocenters. The fourth-order valence-corrected chi connectivity index (χ4v) is 1.28. The summed E-state index contributed by atoms with van der Waals surface area (Å²) in [4.78, 5) is 12.0. The van der Waals surface area contributed by atoms with E-state index in [1.807, 2.05) is 0 Å². The lowest BCUT2D eigenvalue weighted by Crippen LogP contribution is -2.18. The lowest BCUT2D eigenvalue weighted by atomic mass is 10.2. The molecule has 0 bridgehead atoms. The van der Waals surface area contributed by atoms with Crippen LogP contribution in [0.25, 0.3) is 0 Å². The summed E-state index contributed by atoms with van der Waals surface area (Å²) in [5.41, 5.74) is -2.57. The predicted octanol–water partition coefficient (Wildman–Crippen LogP) is 3.48. The molecule has 0 amide bonds. The van der Waals surface area contributed by atoms with Crippen LogP contribution in [0.5, 0.6) is 5.88 Å². The molecule has 0 fully saturated rings. The lowest BCUT2D eigenvalue weighted by molar-refractivity contribution is -0.386. The Bertz CT molecular complexity index is 479. The number of halogens is 6. The zero-order valence-electron chi connectivity index (χ0n) is 8.04. The number of ether oxygens (including phenoxy) is 1. The molecule has 100 valence electrons. The molecule has 0 aromatic carbocycles. The Morgan fingerprint density at radius 1 is 1.44 bits per heavy atom. The number of hydrogen-bond acceptors (Lipinski definition) is 4. The van der Waals surface area contributed by atoms with E-state index in [4.69, 9.17) is 11.6 Å². The van der Waals surface area contributed by atoms with Crippen LogP contribution in [0.3, 0.4) is 0 Å². The van der Waals surface area contributed by atoms with Crippen LogP contribution in [-0.4, -0.2) is 16.3 Å². The van der Waals surface area contributed by atoms with E-state index < -0.39 is 40.0 Å². The maximum atomic E-state index is 12.5. The van der Waals surface area contributed by atoms with Gasteiger partial charge in [0.25, 0.3) is 6.43 Å². The van der Waals surface area contributed by atoms with Crippen LogP contribution in [0.2, 0.25) is 5.15 Å². The average molecular weight is 293 g/mol. The van der Waals surface area contributed by atoms with Crippen molar-refractivity contribution in [2.75, 3.05) is 0 Å². The molecule has 0 aliphatic carbocycles. The Morgan fingerprint density at radius 3 is 2.39 bits per heavy atom. The normalized spacial score (nSPS) is 11.7. The number of pyridine rings is 1. The Balaban J connectivity index is 3.32. The average Bonchev–Trinajstić information content (AvgIpc) is 2.12. The van der Waals surface area contributed by atoms with Crippen molar-refractivity contribution < 1.29 is 31.6 Å². The summed E-state index contributed by atoms with van der Waals surface area (Å²) in [5.74, 6) is -1.30. The van der Waals surface area contributed by atoms with Gasteiger partial charge in [-0.15, -0.1) is 13.2 Å². The van der Waals surface area contributed by atoms with Crippen LogP contribution >= 0.6 is 11.6 Å².